The lowest BCUT2D eigenvalue weighted by molar-refractivity contribution is 0.00867. The molecule has 0 radical (unpaired) electrons. The summed E-state index contributed by atoms with van der Waals surface area (Å²) in [5, 5.41) is 6.81. The number of aliphatic imine (C=N–C) groups is 1. The number of ether oxygens (including phenoxy) is 3. The van der Waals surface area contributed by atoms with Gasteiger partial charge in [-0.1, -0.05) is 19.9 Å². The van der Waals surface area contributed by atoms with Crippen LogP contribution < -0.4 is 20.1 Å². The van der Waals surface area contributed by atoms with Crippen molar-refractivity contribution in [3.8, 4) is 11.5 Å². The maximum Gasteiger partial charge on any atom is 0.191 e. The predicted molar refractivity (Wildman–Crippen MR) is 118 cm³/mol. The molecule has 1 fully saturated rings. The second-order valence-electron chi connectivity index (χ2n) is 7.55. The second-order valence-corrected chi connectivity index (χ2v) is 7.55. The van der Waals surface area contributed by atoms with Gasteiger partial charge >= 0.3 is 0 Å². The molecule has 7 nitrogen and oxygen atoms in total. The zero-order chi connectivity index (χ0) is 21.1. The van der Waals surface area contributed by atoms with Crippen LogP contribution in [0.5, 0.6) is 11.5 Å². The van der Waals surface area contributed by atoms with Gasteiger partial charge in [0.25, 0.3) is 0 Å². The molecule has 0 spiro atoms. The first-order chi connectivity index (χ1) is 14.1. The molecule has 0 amide bonds. The number of guanidine groups is 1. The fourth-order valence-electron chi connectivity index (χ4n) is 3.54. The molecule has 1 unspecified atom stereocenters. The molecule has 2 N–H and O–H groups in total. The van der Waals surface area contributed by atoms with Gasteiger partial charge in [-0.25, -0.2) is 0 Å². The fourth-order valence-corrected chi connectivity index (χ4v) is 3.54. The van der Waals surface area contributed by atoms with Gasteiger partial charge in [0.1, 0.15) is 0 Å². The summed E-state index contributed by atoms with van der Waals surface area (Å²) in [6.07, 6.45) is 0.877. The maximum absolute atomic E-state index is 5.50. The molecule has 29 heavy (non-hydrogen) atoms. The van der Waals surface area contributed by atoms with Gasteiger partial charge in [-0.05, 0) is 37.0 Å². The van der Waals surface area contributed by atoms with Crippen LogP contribution in [0.2, 0.25) is 0 Å². The van der Waals surface area contributed by atoms with E-state index in [-0.39, 0.29) is 0 Å². The predicted octanol–water partition coefficient (Wildman–Crippen LogP) is 2.16. The topological polar surface area (TPSA) is 67.4 Å². The first-order valence-electron chi connectivity index (χ1n) is 10.6. The molecule has 164 valence electrons. The molecular weight excluding hydrogens is 368 g/mol. The smallest absolute Gasteiger partial charge is 0.191 e. The van der Waals surface area contributed by atoms with E-state index in [1.165, 1.54) is 5.56 Å². The Hall–Kier alpha value is -1.99. The normalized spacial score (nSPS) is 16.6. The highest BCUT2D eigenvalue weighted by molar-refractivity contribution is 5.79. The van der Waals surface area contributed by atoms with E-state index < -0.39 is 0 Å². The SMILES string of the molecule is CCNC(=NCC(C(C)C)N1CCOCC1)NCCc1ccc(OC)c(OC)c1. The van der Waals surface area contributed by atoms with Crippen molar-refractivity contribution < 1.29 is 14.2 Å². The van der Waals surface area contributed by atoms with Crippen LogP contribution in [0.3, 0.4) is 0 Å². The van der Waals surface area contributed by atoms with E-state index in [1.54, 1.807) is 14.2 Å². The van der Waals surface area contributed by atoms with Crippen LogP contribution in [0.1, 0.15) is 26.3 Å². The van der Waals surface area contributed by atoms with Crippen molar-refractivity contribution in [2.75, 3.05) is 60.2 Å². The molecule has 7 heteroatoms. The fraction of sp³-hybridized carbons (Fsp3) is 0.682. The number of rotatable bonds is 10. The van der Waals surface area contributed by atoms with Crippen LogP contribution in [0.4, 0.5) is 0 Å². The molecule has 1 aromatic carbocycles. The number of benzene rings is 1. The largest absolute Gasteiger partial charge is 0.493 e. The quantitative estimate of drug-likeness (QED) is 0.459. The maximum atomic E-state index is 5.50. The highest BCUT2D eigenvalue weighted by Gasteiger charge is 2.23. The summed E-state index contributed by atoms with van der Waals surface area (Å²) < 4.78 is 16.2. The molecule has 2 rings (SSSR count). The lowest BCUT2D eigenvalue weighted by atomic mass is 10.0. The number of hydrogen-bond acceptors (Lipinski definition) is 5. The minimum Gasteiger partial charge on any atom is -0.493 e. The van der Waals surface area contributed by atoms with Crippen molar-refractivity contribution in [1.29, 1.82) is 0 Å². The van der Waals surface area contributed by atoms with Gasteiger partial charge in [-0.2, -0.15) is 0 Å². The van der Waals surface area contributed by atoms with E-state index in [0.717, 1.165) is 69.8 Å². The molecular formula is C22H38N4O3. The van der Waals surface area contributed by atoms with Gasteiger partial charge in [0, 0.05) is 32.2 Å². The van der Waals surface area contributed by atoms with Crippen molar-refractivity contribution >= 4 is 5.96 Å². The van der Waals surface area contributed by atoms with Crippen molar-refractivity contribution in [1.82, 2.24) is 15.5 Å². The Labute approximate surface area is 175 Å². The molecule has 1 atom stereocenters. The Morgan fingerprint density at radius 1 is 1.14 bits per heavy atom. The third kappa shape index (κ3) is 7.40. The Bertz CT molecular complexity index is 630. The minimum atomic E-state index is 0.431. The summed E-state index contributed by atoms with van der Waals surface area (Å²) in [6, 6.07) is 6.47. The third-order valence-corrected chi connectivity index (χ3v) is 5.22. The van der Waals surface area contributed by atoms with Gasteiger partial charge < -0.3 is 24.8 Å². The van der Waals surface area contributed by atoms with E-state index in [9.17, 15) is 0 Å². The third-order valence-electron chi connectivity index (χ3n) is 5.22. The molecule has 0 bridgehead atoms. The van der Waals surface area contributed by atoms with E-state index in [4.69, 9.17) is 19.2 Å². The summed E-state index contributed by atoms with van der Waals surface area (Å²) in [5.41, 5.74) is 1.19. The number of nitrogens with zero attached hydrogens (tertiary/aromatic N) is 2. The van der Waals surface area contributed by atoms with Crippen LogP contribution in [-0.4, -0.2) is 77.1 Å². The summed E-state index contributed by atoms with van der Waals surface area (Å²) in [7, 11) is 3.31. The summed E-state index contributed by atoms with van der Waals surface area (Å²) in [4.78, 5) is 7.37. The van der Waals surface area contributed by atoms with E-state index in [1.807, 2.05) is 12.1 Å². The Morgan fingerprint density at radius 2 is 1.86 bits per heavy atom. The van der Waals surface area contributed by atoms with Crippen LogP contribution in [0.15, 0.2) is 23.2 Å². The zero-order valence-electron chi connectivity index (χ0n) is 18.7. The van der Waals surface area contributed by atoms with Crippen molar-refractivity contribution in [2.24, 2.45) is 10.9 Å². The first kappa shape index (κ1) is 23.3. The molecule has 0 saturated carbocycles. The van der Waals surface area contributed by atoms with Gasteiger partial charge in [0.05, 0.1) is 34.0 Å². The number of hydrogen-bond donors (Lipinski definition) is 2. The average molecular weight is 407 g/mol. The van der Waals surface area contributed by atoms with Gasteiger partial charge in [-0.15, -0.1) is 0 Å². The lowest BCUT2D eigenvalue weighted by Crippen LogP contribution is -2.48. The van der Waals surface area contributed by atoms with Crippen molar-refractivity contribution in [3.05, 3.63) is 23.8 Å². The van der Waals surface area contributed by atoms with Crippen molar-refractivity contribution in [2.45, 2.75) is 33.2 Å². The molecule has 1 heterocycles. The average Bonchev–Trinajstić information content (AvgIpc) is 2.74. The van der Waals surface area contributed by atoms with E-state index >= 15 is 0 Å². The zero-order valence-corrected chi connectivity index (χ0v) is 18.7. The standard InChI is InChI=1S/C22H38N4O3/c1-6-23-22(25-16-19(17(2)3)26-11-13-29-14-12-26)24-10-9-18-7-8-20(27-4)21(15-18)28-5/h7-8,15,17,19H,6,9-14,16H2,1-5H3,(H2,23,24,25). The monoisotopic (exact) mass is 406 g/mol. The van der Waals surface area contributed by atoms with E-state index in [2.05, 4.69) is 42.4 Å². The highest BCUT2D eigenvalue weighted by Crippen LogP contribution is 2.27. The molecule has 1 saturated heterocycles. The van der Waals surface area contributed by atoms with Gasteiger partial charge in [-0.3, -0.25) is 9.89 Å². The molecule has 0 aliphatic carbocycles. The summed E-state index contributed by atoms with van der Waals surface area (Å²) >= 11 is 0. The van der Waals surface area contributed by atoms with Gasteiger partial charge in [0.2, 0.25) is 0 Å². The lowest BCUT2D eigenvalue weighted by Gasteiger charge is -2.36. The van der Waals surface area contributed by atoms with Crippen LogP contribution >= 0.6 is 0 Å². The van der Waals surface area contributed by atoms with E-state index in [0.29, 0.717) is 12.0 Å². The molecule has 1 aromatic rings. The van der Waals surface area contributed by atoms with Crippen molar-refractivity contribution in [3.63, 3.8) is 0 Å². The highest BCUT2D eigenvalue weighted by atomic mass is 16.5. The first-order valence-corrected chi connectivity index (χ1v) is 10.6. The number of nitrogens with one attached hydrogen (secondary N) is 2. The molecule has 1 aliphatic rings. The Balaban J connectivity index is 1.92. The van der Waals surface area contributed by atoms with Crippen LogP contribution in [-0.2, 0) is 11.2 Å². The summed E-state index contributed by atoms with van der Waals surface area (Å²) in [5.74, 6) is 2.93. The Morgan fingerprint density at radius 3 is 2.48 bits per heavy atom. The second kappa shape index (κ2) is 12.5. The molecule has 1 aliphatic heterocycles. The summed E-state index contributed by atoms with van der Waals surface area (Å²) in [6.45, 7) is 12.7. The molecule has 0 aromatic heterocycles. The van der Waals surface area contributed by atoms with Crippen LogP contribution in [0.25, 0.3) is 0 Å². The Kier molecular flexibility index (Phi) is 10.1. The van der Waals surface area contributed by atoms with Crippen LogP contribution in [0, 0.1) is 5.92 Å². The number of morpholine rings is 1. The van der Waals surface area contributed by atoms with Gasteiger partial charge in [0.15, 0.2) is 17.5 Å². The number of methoxy groups -OCH3 is 2. The minimum absolute atomic E-state index is 0.431.